The minimum atomic E-state index is -4.24. The molecule has 2 unspecified atom stereocenters. The molecule has 0 bridgehead atoms. The summed E-state index contributed by atoms with van der Waals surface area (Å²) in [6.45, 7) is 3.87. The molecule has 0 aromatic heterocycles. The fourth-order valence-corrected chi connectivity index (χ4v) is 5.71. The summed E-state index contributed by atoms with van der Waals surface area (Å²) in [6.07, 6.45) is 30.1. The van der Waals surface area contributed by atoms with E-state index >= 15 is 0 Å². The molecule has 8 nitrogen and oxygen atoms in total. The van der Waals surface area contributed by atoms with Crippen molar-refractivity contribution in [1.29, 1.82) is 0 Å². The molecule has 9 heteroatoms. The lowest BCUT2D eigenvalue weighted by atomic mass is 10.0. The molecular weight excluding hydrogens is 579 g/mol. The predicted octanol–water partition coefficient (Wildman–Crippen LogP) is 10.8. The van der Waals surface area contributed by atoms with Crippen LogP contribution in [0.3, 0.4) is 0 Å². The molecule has 2 atom stereocenters. The third-order valence-corrected chi connectivity index (χ3v) is 9.04. The van der Waals surface area contributed by atoms with E-state index in [4.69, 9.17) is 14.0 Å². The third kappa shape index (κ3) is 31.0. The van der Waals surface area contributed by atoms with Crippen LogP contribution in [0.25, 0.3) is 0 Å². The highest BCUT2D eigenvalue weighted by Crippen LogP contribution is 2.42. The van der Waals surface area contributed by atoms with Crippen molar-refractivity contribution in [2.24, 2.45) is 0 Å². The first kappa shape index (κ1) is 43.0. The fraction of sp³-hybridized carbons (Fsp3) is 0.943. The molecule has 0 aliphatic carbocycles. The lowest BCUT2D eigenvalue weighted by Gasteiger charge is -2.19. The van der Waals surface area contributed by atoms with Crippen LogP contribution in [0.15, 0.2) is 0 Å². The van der Waals surface area contributed by atoms with Gasteiger partial charge in [0.1, 0.15) is 6.61 Å². The minimum absolute atomic E-state index is 0.217. The first-order valence-electron chi connectivity index (χ1n) is 18.2. The van der Waals surface area contributed by atoms with Crippen molar-refractivity contribution >= 4 is 19.8 Å². The number of carbonyl (C=O) groups excluding carboxylic acids is 2. The van der Waals surface area contributed by atoms with Gasteiger partial charge in [-0.05, 0) is 12.8 Å². The van der Waals surface area contributed by atoms with E-state index < -0.39 is 26.5 Å². The van der Waals surface area contributed by atoms with Gasteiger partial charge in [0.2, 0.25) is 0 Å². The van der Waals surface area contributed by atoms with Crippen LogP contribution in [-0.2, 0) is 32.7 Å². The number of hydrogen-bond donors (Lipinski definition) is 1. The summed E-state index contributed by atoms with van der Waals surface area (Å²) in [4.78, 5) is 34.2. The highest BCUT2D eigenvalue weighted by Gasteiger charge is 2.24. The zero-order valence-corrected chi connectivity index (χ0v) is 29.7. The predicted molar refractivity (Wildman–Crippen MR) is 180 cm³/mol. The fourth-order valence-electron chi connectivity index (χ4n) is 5.25. The summed E-state index contributed by atoms with van der Waals surface area (Å²) in [6, 6.07) is 0. The summed E-state index contributed by atoms with van der Waals surface area (Å²) in [5, 5.41) is 0. The lowest BCUT2D eigenvalue weighted by molar-refractivity contribution is -0.161. The van der Waals surface area contributed by atoms with Gasteiger partial charge in [-0.15, -0.1) is 0 Å². The Morgan fingerprint density at radius 2 is 0.886 bits per heavy atom. The Bertz CT molecular complexity index is 702. The number of carbonyl (C=O) groups is 2. The molecule has 0 saturated heterocycles. The maximum atomic E-state index is 12.4. The van der Waals surface area contributed by atoms with Crippen LogP contribution >= 0.6 is 7.82 Å². The molecule has 0 aromatic rings. The first-order chi connectivity index (χ1) is 21.3. The van der Waals surface area contributed by atoms with E-state index in [0.717, 1.165) is 45.6 Å². The molecule has 0 fully saturated rings. The van der Waals surface area contributed by atoms with E-state index in [9.17, 15) is 19.0 Å². The number of rotatable bonds is 34. The van der Waals surface area contributed by atoms with E-state index in [0.29, 0.717) is 6.42 Å². The van der Waals surface area contributed by atoms with E-state index in [-0.39, 0.29) is 19.0 Å². The van der Waals surface area contributed by atoms with Crippen molar-refractivity contribution < 1.29 is 37.6 Å². The number of hydrogen-bond acceptors (Lipinski definition) is 7. The van der Waals surface area contributed by atoms with Crippen LogP contribution in [0.5, 0.6) is 0 Å². The van der Waals surface area contributed by atoms with Crippen LogP contribution < -0.4 is 0 Å². The second-order valence-corrected chi connectivity index (χ2v) is 13.9. The standard InChI is InChI=1S/C35H69O8P/c1-4-6-8-10-12-14-16-17-18-19-20-22-24-26-28-30-35(37)43-33(32-42-44(38,39)40-3)31-41-34(36)29-27-25-23-21-15-13-11-9-7-5-2/h33H,4-32H2,1-3H3,(H,38,39). The largest absolute Gasteiger partial charge is 0.472 e. The van der Waals surface area contributed by atoms with Gasteiger partial charge >= 0.3 is 19.8 Å². The zero-order chi connectivity index (χ0) is 32.6. The molecule has 0 rings (SSSR count). The summed E-state index contributed by atoms with van der Waals surface area (Å²) in [5.41, 5.74) is 0. The van der Waals surface area contributed by atoms with Crippen LogP contribution in [0.2, 0.25) is 0 Å². The van der Waals surface area contributed by atoms with Crippen molar-refractivity contribution in [3.05, 3.63) is 0 Å². The van der Waals surface area contributed by atoms with Gasteiger partial charge in [-0.25, -0.2) is 4.57 Å². The first-order valence-corrected chi connectivity index (χ1v) is 19.7. The molecule has 262 valence electrons. The van der Waals surface area contributed by atoms with Crippen molar-refractivity contribution in [2.75, 3.05) is 20.3 Å². The van der Waals surface area contributed by atoms with E-state index in [1.807, 2.05) is 0 Å². The Balaban J connectivity index is 4.03. The van der Waals surface area contributed by atoms with Gasteiger partial charge in [-0.1, -0.05) is 162 Å². The Labute approximate surface area is 270 Å². The van der Waals surface area contributed by atoms with Gasteiger partial charge < -0.3 is 14.4 Å². The Morgan fingerprint density at radius 1 is 0.545 bits per heavy atom. The SMILES string of the molecule is CCCCCCCCCCCCCCCCCC(=O)OC(COC(=O)CCCCCCCCCCCC)COP(=O)(O)OC. The number of phosphoric acid groups is 1. The average Bonchev–Trinajstić information content (AvgIpc) is 3.01. The number of phosphoric ester groups is 1. The van der Waals surface area contributed by atoms with Crippen molar-refractivity contribution in [3.8, 4) is 0 Å². The number of esters is 2. The molecule has 0 amide bonds. The average molecular weight is 649 g/mol. The van der Waals surface area contributed by atoms with Gasteiger partial charge in [0.05, 0.1) is 6.61 Å². The monoisotopic (exact) mass is 648 g/mol. The summed E-state index contributed by atoms with van der Waals surface area (Å²) < 4.78 is 31.8. The Kier molecular flexibility index (Phi) is 31.3. The quantitative estimate of drug-likeness (QED) is 0.0417. The highest BCUT2D eigenvalue weighted by molar-refractivity contribution is 7.47. The molecule has 0 saturated carbocycles. The van der Waals surface area contributed by atoms with E-state index in [1.165, 1.54) is 122 Å². The Hall–Kier alpha value is -0.950. The normalized spacial score (nSPS) is 13.5. The molecular formula is C35H69O8P. The second-order valence-electron chi connectivity index (χ2n) is 12.4. The molecule has 44 heavy (non-hydrogen) atoms. The molecule has 0 spiro atoms. The molecule has 0 aliphatic rings. The molecule has 0 radical (unpaired) electrons. The van der Waals surface area contributed by atoms with E-state index in [1.54, 1.807) is 0 Å². The minimum Gasteiger partial charge on any atom is -0.462 e. The van der Waals surface area contributed by atoms with Crippen molar-refractivity contribution in [3.63, 3.8) is 0 Å². The summed E-state index contributed by atoms with van der Waals surface area (Å²) in [5.74, 6) is -0.795. The highest BCUT2D eigenvalue weighted by atomic mass is 31.2. The van der Waals surface area contributed by atoms with Crippen molar-refractivity contribution in [2.45, 2.75) is 193 Å². The maximum absolute atomic E-state index is 12.4. The molecule has 1 N–H and O–H groups in total. The topological polar surface area (TPSA) is 108 Å². The summed E-state index contributed by atoms with van der Waals surface area (Å²) in [7, 11) is -3.18. The second kappa shape index (κ2) is 32.0. The van der Waals surface area contributed by atoms with Gasteiger partial charge in [0.15, 0.2) is 6.10 Å². The van der Waals surface area contributed by atoms with Gasteiger partial charge in [-0.2, -0.15) is 0 Å². The van der Waals surface area contributed by atoms with Gasteiger partial charge in [-0.3, -0.25) is 18.6 Å². The maximum Gasteiger partial charge on any atom is 0.472 e. The number of ether oxygens (including phenoxy) is 2. The molecule has 0 aliphatic heterocycles. The number of unbranched alkanes of at least 4 members (excludes halogenated alkanes) is 23. The van der Waals surface area contributed by atoms with Crippen LogP contribution in [0.1, 0.15) is 187 Å². The summed E-state index contributed by atoms with van der Waals surface area (Å²) >= 11 is 0. The van der Waals surface area contributed by atoms with Crippen LogP contribution in [0, 0.1) is 0 Å². The zero-order valence-electron chi connectivity index (χ0n) is 28.8. The van der Waals surface area contributed by atoms with Gasteiger partial charge in [0, 0.05) is 20.0 Å². The smallest absolute Gasteiger partial charge is 0.462 e. The van der Waals surface area contributed by atoms with E-state index in [2.05, 4.69) is 18.4 Å². The molecule has 0 aromatic carbocycles. The molecule has 0 heterocycles. The lowest BCUT2D eigenvalue weighted by Crippen LogP contribution is -2.29. The van der Waals surface area contributed by atoms with Crippen molar-refractivity contribution in [1.82, 2.24) is 0 Å². The Morgan fingerprint density at radius 3 is 1.25 bits per heavy atom. The van der Waals surface area contributed by atoms with Crippen LogP contribution in [0.4, 0.5) is 0 Å². The van der Waals surface area contributed by atoms with Gasteiger partial charge in [0.25, 0.3) is 0 Å². The third-order valence-electron chi connectivity index (χ3n) is 8.10. The van der Waals surface area contributed by atoms with Crippen LogP contribution in [-0.4, -0.2) is 43.3 Å².